The van der Waals surface area contributed by atoms with Crippen LogP contribution < -0.4 is 5.32 Å². The highest BCUT2D eigenvalue weighted by molar-refractivity contribution is 5.90. The number of hydrogen-bond acceptors (Lipinski definition) is 2. The molecule has 0 atom stereocenters. The van der Waals surface area contributed by atoms with E-state index in [1.54, 1.807) is 0 Å². The van der Waals surface area contributed by atoms with Gasteiger partial charge in [-0.1, -0.05) is 204 Å². The molecule has 0 unspecified atom stereocenters. The number of carbonyl (C=O) groups is 2. The predicted molar refractivity (Wildman–Crippen MR) is 195 cm³/mol. The van der Waals surface area contributed by atoms with E-state index in [1.807, 2.05) is 30.3 Å². The molecule has 1 aromatic carbocycles. The number of benzene rings is 1. The molecule has 0 spiro atoms. The van der Waals surface area contributed by atoms with Crippen molar-refractivity contribution in [1.82, 2.24) is 0 Å². The molecule has 4 nitrogen and oxygen atoms in total. The fraction of sp³-hybridized carbons (Fsp3) is 0.805. The van der Waals surface area contributed by atoms with E-state index in [-0.39, 0.29) is 5.91 Å². The molecule has 0 heterocycles. The third-order valence-electron chi connectivity index (χ3n) is 9.35. The molecule has 45 heavy (non-hydrogen) atoms. The first-order valence-corrected chi connectivity index (χ1v) is 19.7. The molecule has 0 radical (unpaired) electrons. The van der Waals surface area contributed by atoms with Gasteiger partial charge in [-0.15, -0.1) is 0 Å². The summed E-state index contributed by atoms with van der Waals surface area (Å²) in [5.41, 5.74) is 0.899. The lowest BCUT2D eigenvalue weighted by atomic mass is 10.0. The van der Waals surface area contributed by atoms with E-state index in [2.05, 4.69) is 5.32 Å². The van der Waals surface area contributed by atoms with Crippen LogP contribution in [0.5, 0.6) is 0 Å². The van der Waals surface area contributed by atoms with E-state index in [0.29, 0.717) is 12.8 Å². The Kier molecular flexibility index (Phi) is 30.7. The van der Waals surface area contributed by atoms with Gasteiger partial charge in [-0.2, -0.15) is 0 Å². The number of hydrogen-bond donors (Lipinski definition) is 2. The number of para-hydroxylation sites is 1. The van der Waals surface area contributed by atoms with Crippen LogP contribution in [0.2, 0.25) is 0 Å². The molecule has 0 fully saturated rings. The number of carboxylic acid groups (broad SMARTS) is 1. The molecule has 1 rings (SSSR count). The number of amides is 1. The molecule has 0 aliphatic carbocycles. The Morgan fingerprint density at radius 1 is 0.378 bits per heavy atom. The summed E-state index contributed by atoms with van der Waals surface area (Å²) in [5.74, 6) is -0.511. The minimum Gasteiger partial charge on any atom is -0.481 e. The van der Waals surface area contributed by atoms with Gasteiger partial charge in [0.1, 0.15) is 0 Å². The Morgan fingerprint density at radius 3 is 0.889 bits per heavy atom. The van der Waals surface area contributed by atoms with Crippen LogP contribution in [0.3, 0.4) is 0 Å². The van der Waals surface area contributed by atoms with E-state index in [1.165, 1.54) is 180 Å². The van der Waals surface area contributed by atoms with E-state index < -0.39 is 5.97 Å². The zero-order chi connectivity index (χ0) is 32.3. The van der Waals surface area contributed by atoms with Gasteiger partial charge in [-0.3, -0.25) is 9.59 Å². The van der Waals surface area contributed by atoms with Crippen LogP contribution in [-0.2, 0) is 9.59 Å². The maximum atomic E-state index is 12.0. The minimum absolute atomic E-state index is 0.143. The lowest BCUT2D eigenvalue weighted by molar-refractivity contribution is -0.137. The molecule has 0 aliphatic heterocycles. The summed E-state index contributed by atoms with van der Waals surface area (Å²) in [6, 6.07) is 9.75. The van der Waals surface area contributed by atoms with Crippen LogP contribution in [0.25, 0.3) is 0 Å². The van der Waals surface area contributed by atoms with Crippen LogP contribution in [0.1, 0.15) is 212 Å². The van der Waals surface area contributed by atoms with Crippen molar-refractivity contribution < 1.29 is 14.7 Å². The molecule has 0 saturated carbocycles. The van der Waals surface area contributed by atoms with Crippen LogP contribution in [0, 0.1) is 0 Å². The first kappa shape index (κ1) is 41.2. The number of unbranched alkanes of at least 4 members (excludes halogenated alkanes) is 30. The van der Waals surface area contributed by atoms with Crippen molar-refractivity contribution in [2.45, 2.75) is 212 Å². The van der Waals surface area contributed by atoms with E-state index in [0.717, 1.165) is 24.9 Å². The van der Waals surface area contributed by atoms with E-state index >= 15 is 0 Å². The molecule has 2 N–H and O–H groups in total. The zero-order valence-corrected chi connectivity index (χ0v) is 29.5. The number of nitrogens with one attached hydrogen (secondary N) is 1. The summed E-state index contributed by atoms with van der Waals surface area (Å²) < 4.78 is 0. The van der Waals surface area contributed by atoms with Crippen LogP contribution in [0.4, 0.5) is 5.69 Å². The Balaban J connectivity index is 1.64. The lowest BCUT2D eigenvalue weighted by Gasteiger charge is -2.05. The maximum Gasteiger partial charge on any atom is 0.303 e. The lowest BCUT2D eigenvalue weighted by Crippen LogP contribution is -2.10. The second-order valence-corrected chi connectivity index (χ2v) is 13.8. The average Bonchev–Trinajstić information content (AvgIpc) is 3.03. The summed E-state index contributed by atoms with van der Waals surface area (Å²) in [6.45, 7) is 0. The van der Waals surface area contributed by atoms with Gasteiger partial charge in [-0.05, 0) is 25.0 Å². The molecule has 0 aromatic heterocycles. The normalized spacial score (nSPS) is 11.2. The fourth-order valence-corrected chi connectivity index (χ4v) is 6.43. The molecule has 0 saturated heterocycles. The summed E-state index contributed by atoms with van der Waals surface area (Å²) in [6.07, 6.45) is 42.8. The first-order valence-electron chi connectivity index (χ1n) is 19.7. The van der Waals surface area contributed by atoms with Crippen molar-refractivity contribution in [3.05, 3.63) is 30.3 Å². The summed E-state index contributed by atoms with van der Waals surface area (Å²) >= 11 is 0. The molecule has 4 heteroatoms. The largest absolute Gasteiger partial charge is 0.481 e. The maximum absolute atomic E-state index is 12.0. The van der Waals surface area contributed by atoms with Crippen molar-refractivity contribution in [3.8, 4) is 0 Å². The third-order valence-corrected chi connectivity index (χ3v) is 9.35. The highest BCUT2D eigenvalue weighted by Gasteiger charge is 2.02. The summed E-state index contributed by atoms with van der Waals surface area (Å²) in [7, 11) is 0. The van der Waals surface area contributed by atoms with Crippen molar-refractivity contribution in [1.29, 1.82) is 0 Å². The van der Waals surface area contributed by atoms with Crippen LogP contribution in [0.15, 0.2) is 30.3 Å². The van der Waals surface area contributed by atoms with E-state index in [4.69, 9.17) is 5.11 Å². The standard InChI is InChI=1S/C41H73NO3/c43-40(42-39-35-31-30-32-36-39)37-33-28-26-24-22-20-18-16-14-12-10-8-6-4-2-1-3-5-7-9-11-13-15-17-19-21-23-25-27-29-34-38-41(44)45/h30-32,35-36H,1-29,33-34,37-38H2,(H,42,43)(H,44,45). The number of rotatable bonds is 35. The third kappa shape index (κ3) is 31.9. The van der Waals surface area contributed by atoms with E-state index in [9.17, 15) is 9.59 Å². The summed E-state index contributed by atoms with van der Waals surface area (Å²) in [5, 5.41) is 11.6. The number of carboxylic acids is 1. The molecule has 260 valence electrons. The van der Waals surface area contributed by atoms with Gasteiger partial charge in [0, 0.05) is 18.5 Å². The van der Waals surface area contributed by atoms with Gasteiger partial charge in [0.15, 0.2) is 0 Å². The Morgan fingerprint density at radius 2 is 0.622 bits per heavy atom. The highest BCUT2D eigenvalue weighted by atomic mass is 16.4. The number of carbonyl (C=O) groups excluding carboxylic acids is 1. The average molecular weight is 628 g/mol. The Labute approximate surface area is 279 Å². The van der Waals surface area contributed by atoms with Crippen molar-refractivity contribution in [2.24, 2.45) is 0 Å². The van der Waals surface area contributed by atoms with Crippen molar-refractivity contribution >= 4 is 17.6 Å². The van der Waals surface area contributed by atoms with Gasteiger partial charge in [0.25, 0.3) is 0 Å². The molecular weight excluding hydrogens is 554 g/mol. The predicted octanol–water partition coefficient (Wildman–Crippen LogP) is 13.6. The topological polar surface area (TPSA) is 66.4 Å². The number of anilines is 1. The SMILES string of the molecule is O=C(O)CCCCCCCCCCCCCCCCCCCCCCCCCCCCCCCCCC(=O)Nc1ccccc1. The molecule has 1 amide bonds. The van der Waals surface area contributed by atoms with Gasteiger partial charge in [0.05, 0.1) is 0 Å². The second kappa shape index (κ2) is 33.5. The number of aliphatic carboxylic acids is 1. The fourth-order valence-electron chi connectivity index (χ4n) is 6.43. The smallest absolute Gasteiger partial charge is 0.303 e. The molecule has 1 aromatic rings. The highest BCUT2D eigenvalue weighted by Crippen LogP contribution is 2.17. The molecule has 0 aliphatic rings. The first-order chi connectivity index (χ1) is 22.2. The van der Waals surface area contributed by atoms with Gasteiger partial charge < -0.3 is 10.4 Å². The second-order valence-electron chi connectivity index (χ2n) is 13.8. The monoisotopic (exact) mass is 628 g/mol. The summed E-state index contributed by atoms with van der Waals surface area (Å²) in [4.78, 5) is 22.5. The van der Waals surface area contributed by atoms with Crippen LogP contribution in [-0.4, -0.2) is 17.0 Å². The van der Waals surface area contributed by atoms with Gasteiger partial charge >= 0.3 is 5.97 Å². The zero-order valence-electron chi connectivity index (χ0n) is 29.5. The van der Waals surface area contributed by atoms with Crippen molar-refractivity contribution in [2.75, 3.05) is 5.32 Å². The Hall–Kier alpha value is -1.84. The van der Waals surface area contributed by atoms with Crippen LogP contribution >= 0.6 is 0 Å². The van der Waals surface area contributed by atoms with Crippen molar-refractivity contribution in [3.63, 3.8) is 0 Å². The van der Waals surface area contributed by atoms with Gasteiger partial charge in [0.2, 0.25) is 5.91 Å². The minimum atomic E-state index is -0.653. The van der Waals surface area contributed by atoms with Gasteiger partial charge in [-0.25, -0.2) is 0 Å². The Bertz CT molecular complexity index is 765. The molecule has 0 bridgehead atoms. The quantitative estimate of drug-likeness (QED) is 0.0736. The molecular formula is C41H73NO3.